The number of anilines is 1. The molecule has 6 nitrogen and oxygen atoms in total. The molecule has 1 aliphatic rings. The van der Waals surface area contributed by atoms with Crippen LogP contribution in [0.5, 0.6) is 0 Å². The average molecular weight is 285 g/mol. The van der Waals surface area contributed by atoms with E-state index in [4.69, 9.17) is 4.42 Å². The smallest absolute Gasteiger partial charge is 0.251 e. The number of aromatic nitrogens is 1. The van der Waals surface area contributed by atoms with Gasteiger partial charge in [-0.1, -0.05) is 6.07 Å². The van der Waals surface area contributed by atoms with Crippen molar-refractivity contribution in [1.82, 2.24) is 10.3 Å². The van der Waals surface area contributed by atoms with Crippen LogP contribution in [-0.2, 0) is 11.2 Å². The van der Waals surface area contributed by atoms with Crippen LogP contribution in [0, 0.1) is 6.92 Å². The number of carbonyl (C=O) groups excluding carboxylic acids is 2. The Bertz CT molecular complexity index is 721. The van der Waals surface area contributed by atoms with E-state index < -0.39 is 0 Å². The van der Waals surface area contributed by atoms with Crippen LogP contribution in [0.3, 0.4) is 0 Å². The van der Waals surface area contributed by atoms with Crippen LogP contribution in [0.15, 0.2) is 28.8 Å². The number of aryl methyl sites for hydroxylation is 1. The Morgan fingerprint density at radius 2 is 2.29 bits per heavy atom. The van der Waals surface area contributed by atoms with Gasteiger partial charge >= 0.3 is 0 Å². The van der Waals surface area contributed by atoms with Crippen molar-refractivity contribution < 1.29 is 14.0 Å². The number of nitrogens with one attached hydrogen (secondary N) is 2. The van der Waals surface area contributed by atoms with E-state index in [1.807, 2.05) is 0 Å². The Morgan fingerprint density at radius 1 is 1.48 bits per heavy atom. The van der Waals surface area contributed by atoms with Gasteiger partial charge in [0.2, 0.25) is 11.8 Å². The molecule has 0 aliphatic carbocycles. The van der Waals surface area contributed by atoms with Crippen LogP contribution >= 0.6 is 0 Å². The van der Waals surface area contributed by atoms with Crippen molar-refractivity contribution >= 4 is 17.5 Å². The normalized spacial score (nSPS) is 14.5. The number of nitrogens with zero attached hydrogens (tertiary/aromatic N) is 1. The molecule has 0 bridgehead atoms. The molecule has 108 valence electrons. The zero-order chi connectivity index (χ0) is 15.0. The largest absolute Gasteiger partial charge is 0.444 e. The molecule has 2 aromatic rings. The number of carbonyl (C=O) groups is 2. The van der Waals surface area contributed by atoms with Gasteiger partial charge in [-0.3, -0.25) is 9.59 Å². The number of rotatable bonds is 3. The first-order valence-electron chi connectivity index (χ1n) is 6.69. The molecule has 1 aliphatic heterocycles. The minimum absolute atomic E-state index is 0.0498. The monoisotopic (exact) mass is 285 g/mol. The molecule has 2 N–H and O–H groups in total. The Kier molecular flexibility index (Phi) is 3.21. The molecular weight excluding hydrogens is 270 g/mol. The third-order valence-corrected chi connectivity index (χ3v) is 3.35. The Labute approximate surface area is 121 Å². The van der Waals surface area contributed by atoms with E-state index in [1.165, 1.54) is 0 Å². The number of amides is 2. The highest BCUT2D eigenvalue weighted by atomic mass is 16.4. The zero-order valence-corrected chi connectivity index (χ0v) is 11.8. The van der Waals surface area contributed by atoms with Crippen molar-refractivity contribution in [1.29, 1.82) is 0 Å². The Balaban J connectivity index is 1.74. The van der Waals surface area contributed by atoms with E-state index in [0.29, 0.717) is 29.3 Å². The zero-order valence-electron chi connectivity index (χ0n) is 11.8. The summed E-state index contributed by atoms with van der Waals surface area (Å²) in [6.07, 6.45) is 1.98. The van der Waals surface area contributed by atoms with Gasteiger partial charge in [0.05, 0.1) is 12.6 Å². The number of oxazole rings is 1. The molecule has 0 radical (unpaired) electrons. The second kappa shape index (κ2) is 5.05. The van der Waals surface area contributed by atoms with Crippen molar-refractivity contribution in [2.24, 2.45) is 0 Å². The maximum absolute atomic E-state index is 12.2. The van der Waals surface area contributed by atoms with Crippen molar-refractivity contribution in [2.75, 3.05) is 5.32 Å². The number of hydrogen-bond acceptors (Lipinski definition) is 4. The maximum Gasteiger partial charge on any atom is 0.251 e. The quantitative estimate of drug-likeness (QED) is 0.903. The molecule has 2 heterocycles. The minimum Gasteiger partial charge on any atom is -0.444 e. The molecule has 0 saturated carbocycles. The molecule has 3 rings (SSSR count). The minimum atomic E-state index is -0.325. The molecule has 0 spiro atoms. The van der Waals surface area contributed by atoms with Crippen molar-refractivity contribution in [3.63, 3.8) is 0 Å². The van der Waals surface area contributed by atoms with E-state index in [1.54, 1.807) is 38.2 Å². The van der Waals surface area contributed by atoms with Gasteiger partial charge in [0.15, 0.2) is 0 Å². The topological polar surface area (TPSA) is 84.2 Å². The molecule has 21 heavy (non-hydrogen) atoms. The van der Waals surface area contributed by atoms with E-state index in [9.17, 15) is 9.59 Å². The lowest BCUT2D eigenvalue weighted by Gasteiger charge is -2.11. The van der Waals surface area contributed by atoms with E-state index in [-0.39, 0.29) is 17.9 Å². The standard InChI is InChI=1S/C15H15N3O3/c1-8-7-16-15(21-8)9(2)17-14(20)11-4-3-10-6-13(19)18-12(10)5-11/h3-5,7,9H,6H2,1-2H3,(H,17,20)(H,18,19). The van der Waals surface area contributed by atoms with Crippen LogP contribution in [0.2, 0.25) is 0 Å². The van der Waals surface area contributed by atoms with Crippen LogP contribution in [0.4, 0.5) is 5.69 Å². The second-order valence-corrected chi connectivity index (χ2v) is 5.10. The van der Waals surface area contributed by atoms with Gasteiger partial charge in [0.25, 0.3) is 5.91 Å². The van der Waals surface area contributed by atoms with Gasteiger partial charge in [-0.15, -0.1) is 0 Å². The summed E-state index contributed by atoms with van der Waals surface area (Å²) in [4.78, 5) is 27.6. The third kappa shape index (κ3) is 2.65. The fraction of sp³-hybridized carbons (Fsp3) is 0.267. The van der Waals surface area contributed by atoms with E-state index >= 15 is 0 Å². The Morgan fingerprint density at radius 3 is 3.00 bits per heavy atom. The van der Waals surface area contributed by atoms with Gasteiger partial charge in [-0.25, -0.2) is 4.98 Å². The highest BCUT2D eigenvalue weighted by molar-refractivity contribution is 6.02. The highest BCUT2D eigenvalue weighted by Gasteiger charge is 2.20. The third-order valence-electron chi connectivity index (χ3n) is 3.35. The second-order valence-electron chi connectivity index (χ2n) is 5.10. The number of benzene rings is 1. The first kappa shape index (κ1) is 13.4. The summed E-state index contributed by atoms with van der Waals surface area (Å²) in [5.41, 5.74) is 2.10. The lowest BCUT2D eigenvalue weighted by atomic mass is 10.1. The summed E-state index contributed by atoms with van der Waals surface area (Å²) in [7, 11) is 0. The molecule has 1 aromatic carbocycles. The summed E-state index contributed by atoms with van der Waals surface area (Å²) < 4.78 is 5.39. The molecule has 0 saturated heterocycles. The fourth-order valence-corrected chi connectivity index (χ4v) is 2.27. The summed E-state index contributed by atoms with van der Waals surface area (Å²) in [5, 5.41) is 5.55. The maximum atomic E-state index is 12.2. The van der Waals surface area contributed by atoms with Gasteiger partial charge in [0, 0.05) is 11.3 Å². The van der Waals surface area contributed by atoms with Crippen LogP contribution in [-0.4, -0.2) is 16.8 Å². The first-order chi connectivity index (χ1) is 10.0. The average Bonchev–Trinajstić information content (AvgIpc) is 3.02. The van der Waals surface area contributed by atoms with Gasteiger partial charge in [-0.05, 0) is 31.5 Å². The first-order valence-corrected chi connectivity index (χ1v) is 6.69. The highest BCUT2D eigenvalue weighted by Crippen LogP contribution is 2.24. The molecule has 6 heteroatoms. The predicted octanol–water partition coefficient (Wildman–Crippen LogP) is 1.97. The molecule has 2 amide bonds. The molecule has 0 fully saturated rings. The number of fused-ring (bicyclic) bond motifs is 1. The molecule has 1 unspecified atom stereocenters. The molecule has 1 atom stereocenters. The molecule has 1 aromatic heterocycles. The van der Waals surface area contributed by atoms with Crippen LogP contribution < -0.4 is 10.6 Å². The number of hydrogen-bond donors (Lipinski definition) is 2. The van der Waals surface area contributed by atoms with Gasteiger partial charge < -0.3 is 15.1 Å². The molecular formula is C15H15N3O3. The predicted molar refractivity (Wildman–Crippen MR) is 75.9 cm³/mol. The van der Waals surface area contributed by atoms with E-state index in [2.05, 4.69) is 15.6 Å². The van der Waals surface area contributed by atoms with Crippen molar-refractivity contribution in [3.8, 4) is 0 Å². The van der Waals surface area contributed by atoms with Crippen LogP contribution in [0.1, 0.15) is 40.5 Å². The van der Waals surface area contributed by atoms with Crippen molar-refractivity contribution in [2.45, 2.75) is 26.3 Å². The fourth-order valence-electron chi connectivity index (χ4n) is 2.27. The van der Waals surface area contributed by atoms with Gasteiger partial charge in [0.1, 0.15) is 11.8 Å². The lowest BCUT2D eigenvalue weighted by Crippen LogP contribution is -2.26. The SMILES string of the molecule is Cc1cnc(C(C)NC(=O)c2ccc3c(c2)NC(=O)C3)o1. The summed E-state index contributed by atoms with van der Waals surface area (Å²) in [6, 6.07) is 4.86. The van der Waals surface area contributed by atoms with Gasteiger partial charge in [-0.2, -0.15) is 0 Å². The lowest BCUT2D eigenvalue weighted by molar-refractivity contribution is -0.115. The van der Waals surface area contributed by atoms with Crippen LogP contribution in [0.25, 0.3) is 0 Å². The summed E-state index contributed by atoms with van der Waals surface area (Å²) >= 11 is 0. The summed E-state index contributed by atoms with van der Waals surface area (Å²) in [6.45, 7) is 3.60. The van der Waals surface area contributed by atoms with E-state index in [0.717, 1.165) is 5.56 Å². The van der Waals surface area contributed by atoms with Crippen molar-refractivity contribution in [3.05, 3.63) is 47.2 Å². The Hall–Kier alpha value is -2.63. The summed E-state index contributed by atoms with van der Waals surface area (Å²) in [5.74, 6) is 0.884.